The summed E-state index contributed by atoms with van der Waals surface area (Å²) in [5.41, 5.74) is -0.804. The SMILES string of the molecule is C[C@@]1(O)CC(=O)[C@@H](C(=O)c2ccccc2)[C@H](c2ccc([N+](=O)[O-])cc2)[C@@H]1C(=O)c1ccccc1. The summed E-state index contributed by atoms with van der Waals surface area (Å²) in [5, 5.41) is 22.5. The van der Waals surface area contributed by atoms with Crippen LogP contribution >= 0.6 is 0 Å². The highest BCUT2D eigenvalue weighted by atomic mass is 16.6. The lowest BCUT2D eigenvalue weighted by Gasteiger charge is -2.44. The number of benzene rings is 3. The third-order valence-corrected chi connectivity index (χ3v) is 6.44. The normalized spacial score (nSPS) is 24.4. The minimum absolute atomic E-state index is 0.158. The molecule has 4 rings (SSSR count). The molecule has 1 N–H and O–H groups in total. The van der Waals surface area contributed by atoms with Crippen LogP contribution in [0, 0.1) is 22.0 Å². The van der Waals surface area contributed by atoms with Gasteiger partial charge in [-0.15, -0.1) is 0 Å². The van der Waals surface area contributed by atoms with Gasteiger partial charge in [-0.1, -0.05) is 72.8 Å². The summed E-state index contributed by atoms with van der Waals surface area (Å²) in [7, 11) is 0. The molecule has 0 amide bonds. The molecular formula is C27H23NO6. The highest BCUT2D eigenvalue weighted by Crippen LogP contribution is 2.48. The smallest absolute Gasteiger partial charge is 0.269 e. The first-order valence-electron chi connectivity index (χ1n) is 10.9. The number of nitro groups is 1. The van der Waals surface area contributed by atoms with Crippen LogP contribution in [0.1, 0.15) is 45.5 Å². The van der Waals surface area contributed by atoms with E-state index in [-0.39, 0.29) is 12.1 Å². The minimum atomic E-state index is -1.72. The molecule has 172 valence electrons. The van der Waals surface area contributed by atoms with Crippen molar-refractivity contribution in [3.63, 3.8) is 0 Å². The number of hydrogen-bond acceptors (Lipinski definition) is 6. The largest absolute Gasteiger partial charge is 0.389 e. The Hall–Kier alpha value is -3.97. The minimum Gasteiger partial charge on any atom is -0.389 e. The third kappa shape index (κ3) is 4.30. The molecule has 0 saturated heterocycles. The third-order valence-electron chi connectivity index (χ3n) is 6.44. The van der Waals surface area contributed by atoms with Crippen LogP contribution < -0.4 is 0 Å². The molecule has 1 fully saturated rings. The molecule has 1 aliphatic rings. The van der Waals surface area contributed by atoms with Crippen LogP contribution in [-0.2, 0) is 4.79 Å². The Balaban J connectivity index is 1.89. The average molecular weight is 457 g/mol. The summed E-state index contributed by atoms with van der Waals surface area (Å²) in [4.78, 5) is 51.2. The van der Waals surface area contributed by atoms with E-state index in [1.165, 1.54) is 31.2 Å². The fraction of sp³-hybridized carbons (Fsp3) is 0.222. The quantitative estimate of drug-likeness (QED) is 0.254. The number of nitro benzene ring substituents is 1. The predicted octanol–water partition coefficient (Wildman–Crippen LogP) is 4.40. The number of carbonyl (C=O) groups is 3. The van der Waals surface area contributed by atoms with Gasteiger partial charge in [-0.2, -0.15) is 0 Å². The lowest BCUT2D eigenvalue weighted by Crippen LogP contribution is -2.54. The number of rotatable bonds is 6. The van der Waals surface area contributed by atoms with Crippen molar-refractivity contribution in [1.82, 2.24) is 0 Å². The van der Waals surface area contributed by atoms with E-state index < -0.39 is 45.6 Å². The zero-order chi connectivity index (χ0) is 24.5. The molecule has 0 aliphatic heterocycles. The van der Waals surface area contributed by atoms with E-state index in [1.54, 1.807) is 60.7 Å². The van der Waals surface area contributed by atoms with Crippen molar-refractivity contribution in [3.05, 3.63) is 112 Å². The van der Waals surface area contributed by atoms with Crippen molar-refractivity contribution in [1.29, 1.82) is 0 Å². The number of ketones is 3. The van der Waals surface area contributed by atoms with Crippen molar-refractivity contribution in [3.8, 4) is 0 Å². The maximum absolute atomic E-state index is 13.7. The molecule has 1 aliphatic carbocycles. The lowest BCUT2D eigenvalue weighted by atomic mass is 9.58. The van der Waals surface area contributed by atoms with E-state index in [4.69, 9.17) is 0 Å². The van der Waals surface area contributed by atoms with Gasteiger partial charge < -0.3 is 5.11 Å². The topological polar surface area (TPSA) is 115 Å². The number of non-ortho nitro benzene ring substituents is 1. The van der Waals surface area contributed by atoms with Gasteiger partial charge in [-0.05, 0) is 12.5 Å². The van der Waals surface area contributed by atoms with Crippen molar-refractivity contribution < 1.29 is 24.4 Å². The van der Waals surface area contributed by atoms with Crippen molar-refractivity contribution >= 4 is 23.0 Å². The molecular weight excluding hydrogens is 434 g/mol. The van der Waals surface area contributed by atoms with E-state index in [1.807, 2.05) is 0 Å². The summed E-state index contributed by atoms with van der Waals surface area (Å²) in [6.45, 7) is 1.43. The molecule has 3 aromatic rings. The lowest BCUT2D eigenvalue weighted by molar-refractivity contribution is -0.384. The number of hydrogen-bond donors (Lipinski definition) is 1. The van der Waals surface area contributed by atoms with Gasteiger partial charge in [0.1, 0.15) is 5.78 Å². The van der Waals surface area contributed by atoms with Crippen molar-refractivity contribution in [2.24, 2.45) is 11.8 Å². The van der Waals surface area contributed by atoms with Crippen LogP contribution in [0.3, 0.4) is 0 Å². The molecule has 1 saturated carbocycles. The number of Topliss-reactive ketones (excluding diaryl/α,β-unsaturated/α-hetero) is 3. The van der Waals surface area contributed by atoms with Crippen LogP contribution in [0.2, 0.25) is 0 Å². The Morgan fingerprint density at radius 3 is 1.88 bits per heavy atom. The van der Waals surface area contributed by atoms with Crippen LogP contribution in [0.5, 0.6) is 0 Å². The van der Waals surface area contributed by atoms with E-state index in [2.05, 4.69) is 0 Å². The molecule has 0 radical (unpaired) electrons. The monoisotopic (exact) mass is 457 g/mol. The van der Waals surface area contributed by atoms with E-state index in [0.717, 1.165) is 0 Å². The van der Waals surface area contributed by atoms with Crippen LogP contribution in [-0.4, -0.2) is 33.0 Å². The Morgan fingerprint density at radius 2 is 1.38 bits per heavy atom. The highest BCUT2D eigenvalue weighted by Gasteiger charge is 2.55. The fourth-order valence-corrected chi connectivity index (χ4v) is 4.87. The van der Waals surface area contributed by atoms with Gasteiger partial charge in [0.15, 0.2) is 11.6 Å². The highest BCUT2D eigenvalue weighted by molar-refractivity contribution is 6.13. The van der Waals surface area contributed by atoms with Gasteiger partial charge in [0.2, 0.25) is 0 Å². The van der Waals surface area contributed by atoms with Crippen LogP contribution in [0.25, 0.3) is 0 Å². The zero-order valence-electron chi connectivity index (χ0n) is 18.5. The summed E-state index contributed by atoms with van der Waals surface area (Å²) in [5.74, 6) is -4.66. The predicted molar refractivity (Wildman–Crippen MR) is 125 cm³/mol. The van der Waals surface area contributed by atoms with E-state index >= 15 is 0 Å². The Morgan fingerprint density at radius 1 is 0.882 bits per heavy atom. The Labute approximate surface area is 196 Å². The second kappa shape index (κ2) is 9.11. The van der Waals surface area contributed by atoms with Crippen molar-refractivity contribution in [2.45, 2.75) is 24.9 Å². The molecule has 0 bridgehead atoms. The maximum Gasteiger partial charge on any atom is 0.269 e. The van der Waals surface area contributed by atoms with Gasteiger partial charge in [-0.3, -0.25) is 24.5 Å². The number of aliphatic hydroxyl groups is 1. The van der Waals surface area contributed by atoms with E-state index in [9.17, 15) is 29.6 Å². The molecule has 7 heteroatoms. The Bertz CT molecular complexity index is 1240. The molecule has 4 atom stereocenters. The van der Waals surface area contributed by atoms with Gasteiger partial charge >= 0.3 is 0 Å². The van der Waals surface area contributed by atoms with Crippen molar-refractivity contribution in [2.75, 3.05) is 0 Å². The summed E-state index contributed by atoms with van der Waals surface area (Å²) in [6, 6.07) is 22.2. The molecule has 3 aromatic carbocycles. The van der Waals surface area contributed by atoms with E-state index in [0.29, 0.717) is 16.7 Å². The molecule has 34 heavy (non-hydrogen) atoms. The maximum atomic E-state index is 13.7. The molecule has 7 nitrogen and oxygen atoms in total. The van der Waals surface area contributed by atoms with Gasteiger partial charge in [0.25, 0.3) is 5.69 Å². The molecule has 0 spiro atoms. The van der Waals surface area contributed by atoms with Gasteiger partial charge in [-0.25, -0.2) is 0 Å². The van der Waals surface area contributed by atoms with Crippen LogP contribution in [0.15, 0.2) is 84.9 Å². The first-order chi connectivity index (χ1) is 16.2. The number of nitrogens with zero attached hydrogens (tertiary/aromatic N) is 1. The summed E-state index contributed by atoms with van der Waals surface area (Å²) in [6.07, 6.45) is -0.358. The summed E-state index contributed by atoms with van der Waals surface area (Å²) < 4.78 is 0. The standard InChI is InChI=1S/C27H23NO6/c1-27(32)16-21(29)23(25(30)18-8-4-2-5-9-18)22(17-12-14-20(15-13-17)28(33)34)24(27)26(31)19-10-6-3-7-11-19/h2-15,22-24,32H,16H2,1H3/t22-,23+,24+,27+/m0/s1. The molecule has 0 aromatic heterocycles. The second-order valence-corrected chi connectivity index (χ2v) is 8.79. The van der Waals surface area contributed by atoms with Gasteiger partial charge in [0, 0.05) is 35.6 Å². The average Bonchev–Trinajstić information content (AvgIpc) is 2.83. The first-order valence-corrected chi connectivity index (χ1v) is 10.9. The Kier molecular flexibility index (Phi) is 6.22. The molecule has 0 unspecified atom stereocenters. The van der Waals surface area contributed by atoms with Gasteiger partial charge in [0.05, 0.1) is 22.4 Å². The fourth-order valence-electron chi connectivity index (χ4n) is 4.87. The molecule has 0 heterocycles. The summed E-state index contributed by atoms with van der Waals surface area (Å²) >= 11 is 0. The second-order valence-electron chi connectivity index (χ2n) is 8.79. The first kappa shape index (κ1) is 23.2. The van der Waals surface area contributed by atoms with Crippen LogP contribution in [0.4, 0.5) is 5.69 Å². The number of carbonyl (C=O) groups excluding carboxylic acids is 3. The zero-order valence-corrected chi connectivity index (χ0v) is 18.5.